The number of hydrogen-bond acceptors (Lipinski definition) is 5. The highest BCUT2D eigenvalue weighted by Crippen LogP contribution is 2.37. The largest absolute Gasteiger partial charge is 0.478 e. The van der Waals surface area contributed by atoms with E-state index in [0.717, 1.165) is 0 Å². The third-order valence-electron chi connectivity index (χ3n) is 2.81. The fourth-order valence-electron chi connectivity index (χ4n) is 1.95. The molecule has 5 nitrogen and oxygen atoms in total. The summed E-state index contributed by atoms with van der Waals surface area (Å²) in [4.78, 5) is 0. The third-order valence-corrected chi connectivity index (χ3v) is 2.81. The van der Waals surface area contributed by atoms with Gasteiger partial charge in [0.2, 0.25) is 0 Å². The molecule has 3 rings (SSSR count). The first-order valence-electron chi connectivity index (χ1n) is 5.56. The number of furan rings is 1. The molecule has 0 bridgehead atoms. The first kappa shape index (κ1) is 11.7. The van der Waals surface area contributed by atoms with Crippen molar-refractivity contribution in [1.82, 2.24) is 5.16 Å². The Morgan fingerprint density at radius 2 is 2.26 bits per heavy atom. The topological polar surface area (TPSA) is 68.6 Å². The standard InChI is InChI=1S/C13H10FNO4/c1-17-13-11(10(6-16)19-15-13)9-5-7-3-2-4-8(14)12(7)18-9/h2-5,16H,6H2,1H3. The van der Waals surface area contributed by atoms with Crippen LogP contribution in [-0.4, -0.2) is 17.4 Å². The van der Waals surface area contributed by atoms with Crippen LogP contribution < -0.4 is 4.74 Å². The van der Waals surface area contributed by atoms with Crippen LogP contribution in [0.25, 0.3) is 22.3 Å². The summed E-state index contributed by atoms with van der Waals surface area (Å²) in [5.74, 6) is 0.270. The molecule has 0 saturated carbocycles. The number of ether oxygens (including phenoxy) is 1. The molecule has 2 heterocycles. The van der Waals surface area contributed by atoms with Crippen molar-refractivity contribution < 1.29 is 23.2 Å². The van der Waals surface area contributed by atoms with Gasteiger partial charge in [0.1, 0.15) is 17.9 Å². The summed E-state index contributed by atoms with van der Waals surface area (Å²) < 4.78 is 29.0. The van der Waals surface area contributed by atoms with Crippen LogP contribution in [0.15, 0.2) is 33.2 Å². The summed E-state index contributed by atoms with van der Waals surface area (Å²) in [6.07, 6.45) is 0. The van der Waals surface area contributed by atoms with Gasteiger partial charge in [-0.25, -0.2) is 4.39 Å². The van der Waals surface area contributed by atoms with Gasteiger partial charge in [-0.2, -0.15) is 0 Å². The molecule has 0 amide bonds. The molecule has 19 heavy (non-hydrogen) atoms. The highest BCUT2D eigenvalue weighted by Gasteiger charge is 2.22. The van der Waals surface area contributed by atoms with Crippen LogP contribution in [-0.2, 0) is 6.61 Å². The molecule has 0 saturated heterocycles. The molecule has 2 aromatic heterocycles. The van der Waals surface area contributed by atoms with Gasteiger partial charge in [0, 0.05) is 5.39 Å². The van der Waals surface area contributed by atoms with E-state index in [1.807, 2.05) is 0 Å². The van der Waals surface area contributed by atoms with E-state index >= 15 is 0 Å². The zero-order valence-corrected chi connectivity index (χ0v) is 10.0. The Kier molecular flexibility index (Phi) is 2.72. The number of para-hydroxylation sites is 1. The Morgan fingerprint density at radius 1 is 1.42 bits per heavy atom. The molecule has 0 aliphatic rings. The van der Waals surface area contributed by atoms with E-state index in [2.05, 4.69) is 5.16 Å². The molecular weight excluding hydrogens is 253 g/mol. The Hall–Kier alpha value is -2.34. The molecule has 0 atom stereocenters. The van der Waals surface area contributed by atoms with Crippen LogP contribution in [0.4, 0.5) is 4.39 Å². The first-order valence-corrected chi connectivity index (χ1v) is 5.56. The molecule has 0 radical (unpaired) electrons. The number of methoxy groups -OCH3 is 1. The summed E-state index contributed by atoms with van der Waals surface area (Å²) in [5.41, 5.74) is 0.533. The minimum Gasteiger partial charge on any atom is -0.478 e. The van der Waals surface area contributed by atoms with Gasteiger partial charge in [-0.3, -0.25) is 0 Å². The Labute approximate surface area is 107 Å². The van der Waals surface area contributed by atoms with Gasteiger partial charge in [-0.1, -0.05) is 12.1 Å². The SMILES string of the molecule is COc1noc(CO)c1-c1cc2cccc(F)c2o1. The van der Waals surface area contributed by atoms with E-state index in [-0.39, 0.29) is 23.8 Å². The van der Waals surface area contributed by atoms with Crippen molar-refractivity contribution in [3.63, 3.8) is 0 Å². The van der Waals surface area contributed by atoms with E-state index in [4.69, 9.17) is 13.7 Å². The number of aliphatic hydroxyl groups excluding tert-OH is 1. The van der Waals surface area contributed by atoms with Gasteiger partial charge in [0.05, 0.1) is 7.11 Å². The monoisotopic (exact) mass is 263 g/mol. The second kappa shape index (κ2) is 4.40. The maximum absolute atomic E-state index is 13.6. The Bertz CT molecular complexity index is 710. The Balaban J connectivity index is 2.24. The molecule has 3 aromatic rings. The van der Waals surface area contributed by atoms with Crippen molar-refractivity contribution in [2.75, 3.05) is 7.11 Å². The number of rotatable bonds is 3. The summed E-state index contributed by atoms with van der Waals surface area (Å²) in [5, 5.41) is 13.5. The fraction of sp³-hybridized carbons (Fsp3) is 0.154. The zero-order valence-electron chi connectivity index (χ0n) is 10.0. The summed E-state index contributed by atoms with van der Waals surface area (Å²) in [6, 6.07) is 6.28. The van der Waals surface area contributed by atoms with E-state index < -0.39 is 5.82 Å². The van der Waals surface area contributed by atoms with Crippen molar-refractivity contribution in [1.29, 1.82) is 0 Å². The van der Waals surface area contributed by atoms with E-state index in [9.17, 15) is 9.50 Å². The van der Waals surface area contributed by atoms with Crippen molar-refractivity contribution in [2.24, 2.45) is 0 Å². The number of hydrogen-bond donors (Lipinski definition) is 1. The van der Waals surface area contributed by atoms with Crippen LogP contribution >= 0.6 is 0 Å². The van der Waals surface area contributed by atoms with Crippen LogP contribution in [0.1, 0.15) is 5.76 Å². The number of nitrogens with zero attached hydrogens (tertiary/aromatic N) is 1. The van der Waals surface area contributed by atoms with Crippen LogP contribution in [0.3, 0.4) is 0 Å². The van der Waals surface area contributed by atoms with Gasteiger partial charge in [0.25, 0.3) is 5.88 Å². The van der Waals surface area contributed by atoms with Gasteiger partial charge < -0.3 is 18.8 Å². The van der Waals surface area contributed by atoms with Gasteiger partial charge in [-0.15, -0.1) is 0 Å². The average molecular weight is 263 g/mol. The van der Waals surface area contributed by atoms with E-state index in [1.165, 1.54) is 13.2 Å². The quantitative estimate of drug-likeness (QED) is 0.786. The van der Waals surface area contributed by atoms with Crippen LogP contribution in [0, 0.1) is 5.82 Å². The molecule has 98 valence electrons. The van der Waals surface area contributed by atoms with Crippen molar-refractivity contribution in [3.05, 3.63) is 35.8 Å². The number of benzene rings is 1. The second-order valence-corrected chi connectivity index (χ2v) is 3.92. The normalized spacial score (nSPS) is 11.1. The predicted octanol–water partition coefficient (Wildman–Crippen LogP) is 2.73. The third kappa shape index (κ3) is 1.77. The number of halogens is 1. The maximum Gasteiger partial charge on any atom is 0.265 e. The molecule has 0 unspecified atom stereocenters. The first-order chi connectivity index (χ1) is 9.24. The zero-order chi connectivity index (χ0) is 13.4. The second-order valence-electron chi connectivity index (χ2n) is 3.92. The molecule has 1 N–H and O–H groups in total. The lowest BCUT2D eigenvalue weighted by molar-refractivity contribution is 0.226. The van der Waals surface area contributed by atoms with Gasteiger partial charge >= 0.3 is 0 Å². The summed E-state index contributed by atoms with van der Waals surface area (Å²) in [7, 11) is 1.42. The number of fused-ring (bicyclic) bond motifs is 1. The van der Waals surface area contributed by atoms with Crippen molar-refractivity contribution in [2.45, 2.75) is 6.61 Å². The molecular formula is C13H10FNO4. The number of aliphatic hydroxyl groups is 1. The van der Waals surface area contributed by atoms with Crippen LogP contribution in [0.5, 0.6) is 5.88 Å². The minimum atomic E-state index is -0.454. The fourth-order valence-corrected chi connectivity index (χ4v) is 1.95. The maximum atomic E-state index is 13.6. The van der Waals surface area contributed by atoms with Crippen molar-refractivity contribution >= 4 is 11.0 Å². The molecule has 0 fully saturated rings. The Morgan fingerprint density at radius 3 is 2.95 bits per heavy atom. The van der Waals surface area contributed by atoms with Crippen molar-refractivity contribution in [3.8, 4) is 17.2 Å². The molecule has 0 aliphatic carbocycles. The minimum absolute atomic E-state index is 0.143. The van der Waals surface area contributed by atoms with E-state index in [1.54, 1.807) is 18.2 Å². The number of aromatic nitrogens is 1. The van der Waals surface area contributed by atoms with E-state index in [0.29, 0.717) is 16.7 Å². The average Bonchev–Trinajstić information content (AvgIpc) is 3.01. The lowest BCUT2D eigenvalue weighted by atomic mass is 10.2. The highest BCUT2D eigenvalue weighted by molar-refractivity contribution is 5.84. The molecule has 0 spiro atoms. The smallest absolute Gasteiger partial charge is 0.265 e. The molecule has 1 aromatic carbocycles. The van der Waals surface area contributed by atoms with Gasteiger partial charge in [0.15, 0.2) is 17.2 Å². The highest BCUT2D eigenvalue weighted by atomic mass is 19.1. The predicted molar refractivity (Wildman–Crippen MR) is 64.1 cm³/mol. The summed E-state index contributed by atoms with van der Waals surface area (Å²) in [6.45, 7) is -0.356. The summed E-state index contributed by atoms with van der Waals surface area (Å²) >= 11 is 0. The van der Waals surface area contributed by atoms with Crippen LogP contribution in [0.2, 0.25) is 0 Å². The molecule has 6 heteroatoms. The lowest BCUT2D eigenvalue weighted by Crippen LogP contribution is -1.87. The molecule has 0 aliphatic heterocycles. The lowest BCUT2D eigenvalue weighted by Gasteiger charge is -1.97. The van der Waals surface area contributed by atoms with Gasteiger partial charge in [-0.05, 0) is 17.3 Å².